The molecule has 0 unspecified atom stereocenters. The maximum absolute atomic E-state index is 5.59. The zero-order chi connectivity index (χ0) is 14.7. The molecule has 2 aromatic rings. The Kier molecular flexibility index (Phi) is 4.52. The number of aromatic nitrogens is 2. The summed E-state index contributed by atoms with van der Waals surface area (Å²) in [6, 6.07) is 8.03. The molecule has 5 heteroatoms. The van der Waals surface area contributed by atoms with Crippen molar-refractivity contribution >= 4 is 0 Å². The molecular weight excluding hydrogens is 252 g/mol. The summed E-state index contributed by atoms with van der Waals surface area (Å²) < 4.78 is 5.43. The molecule has 0 radical (unpaired) electrons. The predicted octanol–water partition coefficient (Wildman–Crippen LogP) is 2.45. The van der Waals surface area contributed by atoms with Gasteiger partial charge in [-0.15, -0.1) is 0 Å². The van der Waals surface area contributed by atoms with E-state index in [2.05, 4.69) is 28.9 Å². The molecule has 1 aromatic carbocycles. The van der Waals surface area contributed by atoms with Gasteiger partial charge in [0.2, 0.25) is 11.7 Å². The average Bonchev–Trinajstić information content (AvgIpc) is 2.87. The van der Waals surface area contributed by atoms with Gasteiger partial charge >= 0.3 is 0 Å². The first kappa shape index (κ1) is 14.7. The van der Waals surface area contributed by atoms with Crippen molar-refractivity contribution < 1.29 is 4.52 Å². The molecule has 1 heterocycles. The summed E-state index contributed by atoms with van der Waals surface area (Å²) in [5.41, 5.74) is 7.63. The predicted molar refractivity (Wildman–Crippen MR) is 78.9 cm³/mol. The molecule has 0 bridgehead atoms. The Morgan fingerprint density at radius 3 is 2.35 bits per heavy atom. The van der Waals surface area contributed by atoms with Crippen molar-refractivity contribution in [2.75, 3.05) is 14.1 Å². The van der Waals surface area contributed by atoms with Crippen LogP contribution in [-0.2, 0) is 6.54 Å². The summed E-state index contributed by atoms with van der Waals surface area (Å²) in [5, 5.41) is 4.08. The Hall–Kier alpha value is -1.72. The van der Waals surface area contributed by atoms with E-state index >= 15 is 0 Å². The quantitative estimate of drug-likeness (QED) is 0.907. The first-order valence-electron chi connectivity index (χ1n) is 6.82. The van der Waals surface area contributed by atoms with Crippen LogP contribution in [0.3, 0.4) is 0 Å². The second kappa shape index (κ2) is 6.15. The number of hydrogen-bond donors (Lipinski definition) is 1. The lowest BCUT2D eigenvalue weighted by molar-refractivity contribution is 0.181. The lowest BCUT2D eigenvalue weighted by Crippen LogP contribution is -2.24. The van der Waals surface area contributed by atoms with Crippen LogP contribution in [0.1, 0.15) is 31.3 Å². The topological polar surface area (TPSA) is 68.2 Å². The summed E-state index contributed by atoms with van der Waals surface area (Å²) >= 11 is 0. The van der Waals surface area contributed by atoms with Gasteiger partial charge in [-0.25, -0.2) is 0 Å². The first-order chi connectivity index (χ1) is 9.52. The number of rotatable bonds is 5. The van der Waals surface area contributed by atoms with Crippen molar-refractivity contribution in [3.63, 3.8) is 0 Å². The lowest BCUT2D eigenvalue weighted by atomic mass is 10.0. The maximum Gasteiger partial charge on any atom is 0.244 e. The van der Waals surface area contributed by atoms with E-state index in [9.17, 15) is 0 Å². The molecule has 0 saturated heterocycles. The molecule has 20 heavy (non-hydrogen) atoms. The van der Waals surface area contributed by atoms with Crippen molar-refractivity contribution in [2.45, 2.75) is 26.4 Å². The van der Waals surface area contributed by atoms with Crippen LogP contribution in [-0.4, -0.2) is 29.1 Å². The van der Waals surface area contributed by atoms with Gasteiger partial charge in [-0.2, -0.15) is 4.98 Å². The number of nitrogens with zero attached hydrogens (tertiary/aromatic N) is 3. The highest BCUT2D eigenvalue weighted by Crippen LogP contribution is 2.27. The van der Waals surface area contributed by atoms with E-state index in [1.165, 1.54) is 0 Å². The Morgan fingerprint density at radius 2 is 1.85 bits per heavy atom. The number of nitrogens with two attached hydrogens (primary N) is 1. The van der Waals surface area contributed by atoms with E-state index in [0.717, 1.165) is 11.1 Å². The smallest absolute Gasteiger partial charge is 0.244 e. The highest BCUT2D eigenvalue weighted by molar-refractivity contribution is 5.54. The van der Waals surface area contributed by atoms with Crippen LogP contribution in [0.15, 0.2) is 28.8 Å². The zero-order valence-corrected chi connectivity index (χ0v) is 12.5. The van der Waals surface area contributed by atoms with E-state index in [-0.39, 0.29) is 6.04 Å². The van der Waals surface area contributed by atoms with Crippen molar-refractivity contribution in [3.05, 3.63) is 35.7 Å². The molecule has 0 spiro atoms. The molecule has 5 nitrogen and oxygen atoms in total. The van der Waals surface area contributed by atoms with Crippen molar-refractivity contribution in [1.29, 1.82) is 0 Å². The van der Waals surface area contributed by atoms with Crippen LogP contribution in [0, 0.1) is 5.92 Å². The highest BCUT2D eigenvalue weighted by atomic mass is 16.5. The SMILES string of the molecule is CC(C)[C@H](c1nc(-c2ccc(CN)cc2)no1)N(C)C. The molecule has 2 N–H and O–H groups in total. The monoisotopic (exact) mass is 274 g/mol. The molecule has 1 atom stereocenters. The standard InChI is InChI=1S/C15H22N4O/c1-10(2)13(19(3)4)15-17-14(18-20-15)12-7-5-11(9-16)6-8-12/h5-8,10,13H,9,16H2,1-4H3/t13-/m1/s1. The van der Waals surface area contributed by atoms with Gasteiger partial charge < -0.3 is 10.3 Å². The van der Waals surface area contributed by atoms with Gasteiger partial charge in [0.15, 0.2) is 0 Å². The number of hydrogen-bond acceptors (Lipinski definition) is 5. The largest absolute Gasteiger partial charge is 0.337 e. The Morgan fingerprint density at radius 1 is 1.20 bits per heavy atom. The normalized spacial score (nSPS) is 13.2. The fourth-order valence-electron chi connectivity index (χ4n) is 2.36. The molecule has 0 fully saturated rings. The summed E-state index contributed by atoms with van der Waals surface area (Å²) in [7, 11) is 4.04. The molecular formula is C15H22N4O. The minimum atomic E-state index is 0.125. The first-order valence-corrected chi connectivity index (χ1v) is 6.82. The van der Waals surface area contributed by atoms with E-state index < -0.39 is 0 Å². The lowest BCUT2D eigenvalue weighted by Gasteiger charge is -2.23. The molecule has 0 aliphatic rings. The van der Waals surface area contributed by atoms with E-state index in [1.54, 1.807) is 0 Å². The van der Waals surface area contributed by atoms with Crippen LogP contribution >= 0.6 is 0 Å². The van der Waals surface area contributed by atoms with E-state index in [0.29, 0.717) is 24.2 Å². The van der Waals surface area contributed by atoms with Gasteiger partial charge in [0.1, 0.15) is 0 Å². The minimum Gasteiger partial charge on any atom is -0.337 e. The van der Waals surface area contributed by atoms with Crippen LogP contribution in [0.25, 0.3) is 11.4 Å². The fourth-order valence-corrected chi connectivity index (χ4v) is 2.36. The van der Waals surface area contributed by atoms with Crippen molar-refractivity contribution in [1.82, 2.24) is 15.0 Å². The van der Waals surface area contributed by atoms with Crippen molar-refractivity contribution in [2.24, 2.45) is 11.7 Å². The van der Waals surface area contributed by atoms with Crippen LogP contribution in [0.4, 0.5) is 0 Å². The molecule has 1 aromatic heterocycles. The summed E-state index contributed by atoms with van der Waals surface area (Å²) in [6.45, 7) is 4.82. The second-order valence-corrected chi connectivity index (χ2v) is 5.51. The van der Waals surface area contributed by atoms with Gasteiger partial charge in [0, 0.05) is 12.1 Å². The van der Waals surface area contributed by atoms with Gasteiger partial charge in [-0.3, -0.25) is 4.90 Å². The summed E-state index contributed by atoms with van der Waals surface area (Å²) in [4.78, 5) is 6.62. The van der Waals surface area contributed by atoms with E-state index in [1.807, 2.05) is 38.4 Å². The molecule has 0 amide bonds. The van der Waals surface area contributed by atoms with Crippen LogP contribution in [0.2, 0.25) is 0 Å². The third-order valence-electron chi connectivity index (χ3n) is 3.33. The Balaban J connectivity index is 2.27. The maximum atomic E-state index is 5.59. The zero-order valence-electron chi connectivity index (χ0n) is 12.5. The van der Waals surface area contributed by atoms with Gasteiger partial charge in [0.05, 0.1) is 6.04 Å². The molecule has 108 valence electrons. The third kappa shape index (κ3) is 3.05. The van der Waals surface area contributed by atoms with Gasteiger partial charge in [-0.1, -0.05) is 43.3 Å². The van der Waals surface area contributed by atoms with Crippen LogP contribution in [0.5, 0.6) is 0 Å². The summed E-state index contributed by atoms with van der Waals surface area (Å²) in [6.07, 6.45) is 0. The Labute approximate surface area is 119 Å². The molecule has 2 rings (SSSR count). The van der Waals surface area contributed by atoms with Crippen LogP contribution < -0.4 is 5.73 Å². The highest BCUT2D eigenvalue weighted by Gasteiger charge is 2.24. The van der Waals surface area contributed by atoms with Gasteiger partial charge in [-0.05, 0) is 25.6 Å². The number of benzene rings is 1. The molecule has 0 aliphatic heterocycles. The average molecular weight is 274 g/mol. The molecule has 0 aliphatic carbocycles. The fraction of sp³-hybridized carbons (Fsp3) is 0.467. The summed E-state index contributed by atoms with van der Waals surface area (Å²) in [5.74, 6) is 1.68. The second-order valence-electron chi connectivity index (χ2n) is 5.51. The third-order valence-corrected chi connectivity index (χ3v) is 3.33. The Bertz CT molecular complexity index is 537. The minimum absolute atomic E-state index is 0.125. The van der Waals surface area contributed by atoms with E-state index in [4.69, 9.17) is 10.3 Å². The van der Waals surface area contributed by atoms with Gasteiger partial charge in [0.25, 0.3) is 0 Å². The van der Waals surface area contributed by atoms with Crippen molar-refractivity contribution in [3.8, 4) is 11.4 Å². The molecule has 0 saturated carbocycles.